The second-order valence-corrected chi connectivity index (χ2v) is 21.3. The van der Waals surface area contributed by atoms with E-state index in [9.17, 15) is 72.3 Å². The lowest BCUT2D eigenvalue weighted by atomic mass is 9.86. The van der Waals surface area contributed by atoms with Crippen molar-refractivity contribution < 1.29 is 101 Å². The Labute approximate surface area is 447 Å². The number of carbonyl (C=O) groups is 7. The lowest BCUT2D eigenvalue weighted by molar-refractivity contribution is -0.271. The van der Waals surface area contributed by atoms with Gasteiger partial charge in [0.1, 0.15) is 53.8 Å². The number of hydrogen-bond acceptors (Lipinski definition) is 22. The van der Waals surface area contributed by atoms with Gasteiger partial charge in [0, 0.05) is 67.5 Å². The SMILES string of the molecule is CC[C@@]1(O)C(=O)OCc2c1cc1n(c2=O)Cc2c-1nc1cc3c(cc1c2COCN(CCS(C)(=O)=O)C(=O)OCc1ccc(O[C@@H]2OC(C(=O)O)[C@@H](O)C(O)[C@@H]2O)c(NC(=O)CN(C)C(=O)CCN2C(=O)C=CC2=O)c1)OCO3. The summed E-state index contributed by atoms with van der Waals surface area (Å²) in [5.41, 5.74) is -0.484. The number of nitrogens with zero attached hydrogens (tertiary/aromatic N) is 5. The number of carboxylic acids is 1. The summed E-state index contributed by atoms with van der Waals surface area (Å²) in [4.78, 5) is 111. The van der Waals surface area contributed by atoms with Gasteiger partial charge in [-0.05, 0) is 41.8 Å². The Bertz CT molecular complexity index is 3400. The van der Waals surface area contributed by atoms with Gasteiger partial charge >= 0.3 is 18.0 Å². The number of aliphatic hydroxyl groups is 4. The van der Waals surface area contributed by atoms with Crippen LogP contribution in [-0.4, -0.2) is 183 Å². The van der Waals surface area contributed by atoms with Gasteiger partial charge in [-0.3, -0.25) is 33.8 Å². The molecule has 29 heteroatoms. The van der Waals surface area contributed by atoms with Crippen LogP contribution in [0.1, 0.15) is 47.6 Å². The number of aliphatic hydroxyl groups excluding tert-OH is 3. The highest BCUT2D eigenvalue weighted by molar-refractivity contribution is 7.90. The number of likely N-dealkylation sites (N-methyl/N-ethyl adjacent to an activating group) is 1. The van der Waals surface area contributed by atoms with Crippen molar-refractivity contribution >= 4 is 68.1 Å². The third kappa shape index (κ3) is 11.2. The monoisotopic (exact) mass is 1120 g/mol. The molecule has 79 heavy (non-hydrogen) atoms. The number of anilines is 1. The van der Waals surface area contributed by atoms with Gasteiger partial charge in [-0.15, -0.1) is 0 Å². The minimum atomic E-state index is -3.69. The van der Waals surface area contributed by atoms with Gasteiger partial charge in [-0.2, -0.15) is 0 Å². The molecule has 7 heterocycles. The van der Waals surface area contributed by atoms with E-state index in [0.29, 0.717) is 44.9 Å². The van der Waals surface area contributed by atoms with Crippen LogP contribution in [0.15, 0.2) is 53.3 Å². The summed E-state index contributed by atoms with van der Waals surface area (Å²) in [5.74, 6) is -5.39. The Kier molecular flexibility index (Phi) is 15.5. The predicted octanol–water partition coefficient (Wildman–Crippen LogP) is -1.05. The van der Waals surface area contributed by atoms with Crippen molar-refractivity contribution in [3.05, 3.63) is 86.7 Å². The van der Waals surface area contributed by atoms with Crippen LogP contribution >= 0.6 is 0 Å². The number of esters is 1. The number of benzene rings is 2. The zero-order chi connectivity index (χ0) is 56.8. The van der Waals surface area contributed by atoms with Crippen LogP contribution in [0.5, 0.6) is 17.2 Å². The van der Waals surface area contributed by atoms with E-state index < -0.39 is 126 Å². The lowest BCUT2D eigenvalue weighted by Gasteiger charge is -2.38. The molecule has 2 aromatic heterocycles. The van der Waals surface area contributed by atoms with E-state index in [1.54, 1.807) is 25.1 Å². The van der Waals surface area contributed by atoms with Crippen molar-refractivity contribution in [1.29, 1.82) is 0 Å². The molecule has 28 nitrogen and oxygen atoms in total. The molecule has 1 saturated heterocycles. The number of nitrogens with one attached hydrogen (secondary N) is 1. The number of rotatable bonds is 19. The molecular weight excluding hydrogens is 1070 g/mol. The number of aliphatic carboxylic acids is 1. The molecule has 5 aliphatic rings. The minimum absolute atomic E-state index is 0.0300. The average Bonchev–Trinajstić information content (AvgIpc) is 3.86. The zero-order valence-electron chi connectivity index (χ0n) is 42.3. The summed E-state index contributed by atoms with van der Waals surface area (Å²) >= 11 is 0. The van der Waals surface area contributed by atoms with Crippen LogP contribution in [0.25, 0.3) is 22.3 Å². The third-order valence-electron chi connectivity index (χ3n) is 13.8. The minimum Gasteiger partial charge on any atom is -0.479 e. The summed E-state index contributed by atoms with van der Waals surface area (Å²) in [6.45, 7) is -1.59. The molecule has 1 fully saturated rings. The fraction of sp³-hybridized carbons (Fsp3) is 0.420. The third-order valence-corrected chi connectivity index (χ3v) is 14.7. The van der Waals surface area contributed by atoms with E-state index in [1.165, 1.54) is 29.8 Å². The molecule has 2 unspecified atom stereocenters. The maximum absolute atomic E-state index is 14.1. The number of hydrogen-bond donors (Lipinski definition) is 6. The van der Waals surface area contributed by atoms with Gasteiger partial charge in [0.25, 0.3) is 17.4 Å². The summed E-state index contributed by atoms with van der Waals surface area (Å²) in [5, 5.41) is 55.4. The van der Waals surface area contributed by atoms with Crippen molar-refractivity contribution in [2.75, 3.05) is 57.5 Å². The number of carbonyl (C=O) groups excluding carboxylic acids is 6. The first-order valence-corrected chi connectivity index (χ1v) is 26.4. The van der Waals surface area contributed by atoms with E-state index in [2.05, 4.69) is 5.32 Å². The van der Waals surface area contributed by atoms with Crippen LogP contribution in [-0.2, 0) is 89.5 Å². The fourth-order valence-electron chi connectivity index (χ4n) is 9.38. The summed E-state index contributed by atoms with van der Waals surface area (Å²) in [7, 11) is -2.42. The van der Waals surface area contributed by atoms with Crippen molar-refractivity contribution in [2.45, 2.75) is 82.4 Å². The Morgan fingerprint density at radius 1 is 0.937 bits per heavy atom. The number of sulfone groups is 1. The first-order chi connectivity index (χ1) is 37.5. The van der Waals surface area contributed by atoms with Crippen molar-refractivity contribution in [3.8, 4) is 28.6 Å². The molecule has 5 amide bonds. The molecule has 6 atom stereocenters. The lowest BCUT2D eigenvalue weighted by Crippen LogP contribution is -2.61. The van der Waals surface area contributed by atoms with Crippen molar-refractivity contribution in [2.24, 2.45) is 0 Å². The number of ether oxygens (including phenoxy) is 7. The number of carboxylic acid groups (broad SMARTS) is 1. The molecule has 0 saturated carbocycles. The second-order valence-electron chi connectivity index (χ2n) is 19.1. The summed E-state index contributed by atoms with van der Waals surface area (Å²) < 4.78 is 65.6. The topological polar surface area (TPSA) is 376 Å². The molecule has 0 spiro atoms. The summed E-state index contributed by atoms with van der Waals surface area (Å²) in [6, 6.07) is 8.61. The Hall–Kier alpha value is -8.06. The predicted molar refractivity (Wildman–Crippen MR) is 265 cm³/mol. The molecule has 0 aliphatic carbocycles. The van der Waals surface area contributed by atoms with Crippen molar-refractivity contribution in [3.63, 3.8) is 0 Å². The molecular formula is C50H52N6O22S. The van der Waals surface area contributed by atoms with Gasteiger partial charge in [-0.25, -0.2) is 27.8 Å². The van der Waals surface area contributed by atoms with E-state index in [1.807, 2.05) is 0 Å². The van der Waals surface area contributed by atoms with Gasteiger partial charge < -0.3 is 73.5 Å². The van der Waals surface area contributed by atoms with Crippen LogP contribution < -0.4 is 25.1 Å². The number of cyclic esters (lactones) is 1. The van der Waals surface area contributed by atoms with Crippen molar-refractivity contribution in [1.82, 2.24) is 24.3 Å². The number of imide groups is 1. The van der Waals surface area contributed by atoms with Gasteiger partial charge in [0.05, 0.1) is 53.6 Å². The van der Waals surface area contributed by atoms with E-state index >= 15 is 0 Å². The summed E-state index contributed by atoms with van der Waals surface area (Å²) in [6.07, 6.45) is -8.59. The quantitative estimate of drug-likeness (QED) is 0.0326. The number of pyridine rings is 2. The average molecular weight is 1120 g/mol. The first-order valence-electron chi connectivity index (χ1n) is 24.3. The number of aromatic nitrogens is 2. The Balaban J connectivity index is 0.945. The highest BCUT2D eigenvalue weighted by Gasteiger charge is 2.49. The van der Waals surface area contributed by atoms with Gasteiger partial charge in [0.2, 0.25) is 24.9 Å². The number of amides is 5. The molecule has 0 radical (unpaired) electrons. The maximum atomic E-state index is 14.1. The zero-order valence-corrected chi connectivity index (χ0v) is 43.1. The van der Waals surface area contributed by atoms with E-state index in [-0.39, 0.29) is 74.1 Å². The second kappa shape index (κ2) is 22.0. The Morgan fingerprint density at radius 2 is 1.66 bits per heavy atom. The largest absolute Gasteiger partial charge is 0.479 e. The fourth-order valence-corrected chi connectivity index (χ4v) is 9.93. The van der Waals surface area contributed by atoms with E-state index in [4.69, 9.17) is 38.1 Å². The molecule has 9 rings (SSSR count). The van der Waals surface area contributed by atoms with E-state index in [0.717, 1.165) is 33.1 Å². The maximum Gasteiger partial charge on any atom is 0.411 e. The molecule has 0 bridgehead atoms. The van der Waals surface area contributed by atoms with Gasteiger partial charge in [-0.1, -0.05) is 13.0 Å². The molecule has 420 valence electrons. The molecule has 2 aromatic carbocycles. The molecule has 6 N–H and O–H groups in total. The standard InChI is InChI=1S/C50H52N6O22S/c1-4-50(69)29-15-32-40-26(17-56(32)45(64)28(29)21-73-48(50)67)27(25-14-34-35(76-23-75-34)16-30(25)52-40)20-72-22-54(11-12-79(3,70)71)49(68)74-19-24-5-6-33(77-47-43(63)41(61)42(62)44(78-47)46(65)66)31(13-24)51-36(57)18-53(2)37(58)9-10-55-38(59)7-8-39(55)60/h5-8,13-16,41-44,47,61-63,69H,4,9-12,17-23H2,1-3H3,(H,51,57)(H,65,66)/t41?,42-,43-,44?,47+,50-/m0/s1. The Morgan fingerprint density at radius 3 is 2.35 bits per heavy atom. The molecule has 5 aliphatic heterocycles. The van der Waals surface area contributed by atoms with Crippen LogP contribution in [0.2, 0.25) is 0 Å². The smallest absolute Gasteiger partial charge is 0.411 e. The molecule has 4 aromatic rings. The van der Waals surface area contributed by atoms with Gasteiger partial charge in [0.15, 0.2) is 23.2 Å². The first kappa shape index (κ1) is 55.7. The van der Waals surface area contributed by atoms with Crippen LogP contribution in [0, 0.1) is 0 Å². The normalized spacial score (nSPS) is 21.8. The number of fused-ring (bicyclic) bond motifs is 6. The highest BCUT2D eigenvalue weighted by Crippen LogP contribution is 2.43. The van der Waals surface area contributed by atoms with Crippen LogP contribution in [0.3, 0.4) is 0 Å². The highest BCUT2D eigenvalue weighted by atomic mass is 32.2. The van der Waals surface area contributed by atoms with Crippen LogP contribution in [0.4, 0.5) is 10.5 Å².